The minimum atomic E-state index is -0.405. The Balaban J connectivity index is 0.00000420. The van der Waals surface area contributed by atoms with Gasteiger partial charge in [0, 0.05) is 18.7 Å². The van der Waals surface area contributed by atoms with E-state index in [2.05, 4.69) is 24.5 Å². The summed E-state index contributed by atoms with van der Waals surface area (Å²) in [6.45, 7) is 7.94. The Morgan fingerprint density at radius 1 is 1.28 bits per heavy atom. The number of hydrogen-bond donors (Lipinski definition) is 4. The molecule has 1 aliphatic rings. The fourth-order valence-electron chi connectivity index (χ4n) is 3.60. The molecule has 1 fully saturated rings. The zero-order valence-electron chi connectivity index (χ0n) is 17.5. The molecule has 29 heavy (non-hydrogen) atoms. The molecular weight excluding hydrogens is 390 g/mol. The molecule has 8 heteroatoms. The molecule has 1 heterocycles. The number of rotatable bonds is 9. The Bertz CT molecular complexity index is 693. The number of amides is 2. The highest BCUT2D eigenvalue weighted by Crippen LogP contribution is 2.20. The van der Waals surface area contributed by atoms with Crippen molar-refractivity contribution in [1.82, 2.24) is 15.5 Å². The number of nitrogens with zero attached hydrogens (tertiary/aromatic N) is 1. The van der Waals surface area contributed by atoms with Gasteiger partial charge in [0.25, 0.3) is 0 Å². The Morgan fingerprint density at radius 2 is 1.93 bits per heavy atom. The minimum Gasteiger partial charge on any atom is -0.384 e. The summed E-state index contributed by atoms with van der Waals surface area (Å²) >= 11 is 0. The summed E-state index contributed by atoms with van der Waals surface area (Å²) < 4.78 is 0. The molecule has 1 aromatic rings. The van der Waals surface area contributed by atoms with E-state index in [4.69, 9.17) is 11.1 Å². The van der Waals surface area contributed by atoms with Crippen molar-refractivity contribution in [1.29, 1.82) is 5.41 Å². The van der Waals surface area contributed by atoms with Crippen LogP contribution in [0.4, 0.5) is 0 Å². The van der Waals surface area contributed by atoms with Gasteiger partial charge in [0.2, 0.25) is 11.8 Å². The SMILES string of the molecule is CCNC(CC(C)C)C(=O)N1CCC[C@H]1C(=O)NCc1ccc(C(=N)N)cc1.Cl. The van der Waals surface area contributed by atoms with Crippen LogP contribution in [-0.4, -0.2) is 47.7 Å². The number of halogens is 1. The van der Waals surface area contributed by atoms with Crippen molar-refractivity contribution in [3.8, 4) is 0 Å². The summed E-state index contributed by atoms with van der Waals surface area (Å²) in [6, 6.07) is 6.58. The van der Waals surface area contributed by atoms with E-state index in [1.54, 1.807) is 17.0 Å². The number of likely N-dealkylation sites (N-methyl/N-ethyl adjacent to an activating group) is 1. The van der Waals surface area contributed by atoms with Crippen LogP contribution in [0.2, 0.25) is 0 Å². The van der Waals surface area contributed by atoms with Crippen molar-refractivity contribution in [2.24, 2.45) is 11.7 Å². The van der Waals surface area contributed by atoms with E-state index in [0.717, 1.165) is 24.9 Å². The molecule has 1 aromatic carbocycles. The van der Waals surface area contributed by atoms with E-state index in [1.807, 2.05) is 19.1 Å². The maximum absolute atomic E-state index is 13.0. The summed E-state index contributed by atoms with van der Waals surface area (Å²) in [6.07, 6.45) is 2.30. The third-order valence-corrected chi connectivity index (χ3v) is 5.03. The number of nitrogens with one attached hydrogen (secondary N) is 3. The van der Waals surface area contributed by atoms with Crippen molar-refractivity contribution in [2.75, 3.05) is 13.1 Å². The molecule has 1 unspecified atom stereocenters. The van der Waals surface area contributed by atoms with Crippen LogP contribution in [0.5, 0.6) is 0 Å². The summed E-state index contributed by atoms with van der Waals surface area (Å²) in [5.74, 6) is 0.341. The van der Waals surface area contributed by atoms with E-state index >= 15 is 0 Å². The fraction of sp³-hybridized carbons (Fsp3) is 0.571. The molecule has 0 bridgehead atoms. The normalized spacial score (nSPS) is 17.0. The number of benzene rings is 1. The first kappa shape index (κ1) is 24.9. The number of carbonyl (C=O) groups excluding carboxylic acids is 2. The second-order valence-electron chi connectivity index (χ2n) is 7.76. The van der Waals surface area contributed by atoms with Crippen LogP contribution in [0.1, 0.15) is 51.2 Å². The molecule has 162 valence electrons. The molecule has 0 radical (unpaired) electrons. The highest BCUT2D eigenvalue weighted by molar-refractivity contribution is 5.95. The smallest absolute Gasteiger partial charge is 0.243 e. The molecule has 7 nitrogen and oxygen atoms in total. The topological polar surface area (TPSA) is 111 Å². The van der Waals surface area contributed by atoms with Gasteiger partial charge in [-0.3, -0.25) is 15.0 Å². The molecule has 1 aliphatic heterocycles. The fourth-order valence-corrected chi connectivity index (χ4v) is 3.60. The lowest BCUT2D eigenvalue weighted by Crippen LogP contribution is -2.52. The molecule has 2 atom stereocenters. The number of carbonyl (C=O) groups is 2. The third-order valence-electron chi connectivity index (χ3n) is 5.03. The van der Waals surface area contributed by atoms with Gasteiger partial charge in [-0.1, -0.05) is 45.0 Å². The molecule has 0 aliphatic carbocycles. The lowest BCUT2D eigenvalue weighted by Gasteiger charge is -2.29. The maximum Gasteiger partial charge on any atom is 0.243 e. The quantitative estimate of drug-likeness (QED) is 0.359. The van der Waals surface area contributed by atoms with Crippen molar-refractivity contribution >= 4 is 30.1 Å². The summed E-state index contributed by atoms with van der Waals surface area (Å²) in [4.78, 5) is 27.5. The van der Waals surface area contributed by atoms with Crippen LogP contribution < -0.4 is 16.4 Å². The predicted molar refractivity (Wildman–Crippen MR) is 118 cm³/mol. The zero-order chi connectivity index (χ0) is 20.7. The molecule has 1 saturated heterocycles. The number of hydrogen-bond acceptors (Lipinski definition) is 4. The van der Waals surface area contributed by atoms with E-state index in [9.17, 15) is 9.59 Å². The molecular formula is C21H34ClN5O2. The van der Waals surface area contributed by atoms with E-state index in [0.29, 0.717) is 31.0 Å². The first-order valence-electron chi connectivity index (χ1n) is 10.1. The summed E-state index contributed by atoms with van der Waals surface area (Å²) in [5.41, 5.74) is 7.04. The summed E-state index contributed by atoms with van der Waals surface area (Å²) in [5, 5.41) is 13.6. The second-order valence-corrected chi connectivity index (χ2v) is 7.76. The van der Waals surface area contributed by atoms with Crippen LogP contribution in [0, 0.1) is 11.3 Å². The molecule has 2 rings (SSSR count). The lowest BCUT2D eigenvalue weighted by molar-refractivity contribution is -0.140. The molecule has 5 N–H and O–H groups in total. The largest absolute Gasteiger partial charge is 0.384 e. The Hall–Kier alpha value is -2.12. The van der Waals surface area contributed by atoms with Crippen LogP contribution >= 0.6 is 12.4 Å². The zero-order valence-corrected chi connectivity index (χ0v) is 18.3. The molecule has 0 aromatic heterocycles. The van der Waals surface area contributed by atoms with Gasteiger partial charge >= 0.3 is 0 Å². The number of amidine groups is 1. The van der Waals surface area contributed by atoms with Crippen molar-refractivity contribution < 1.29 is 9.59 Å². The third kappa shape index (κ3) is 7.01. The van der Waals surface area contributed by atoms with E-state index < -0.39 is 6.04 Å². The highest BCUT2D eigenvalue weighted by Gasteiger charge is 2.36. The Morgan fingerprint density at radius 3 is 2.48 bits per heavy atom. The van der Waals surface area contributed by atoms with Crippen molar-refractivity contribution in [2.45, 2.75) is 58.7 Å². The monoisotopic (exact) mass is 423 g/mol. The van der Waals surface area contributed by atoms with Crippen molar-refractivity contribution in [3.05, 3.63) is 35.4 Å². The lowest BCUT2D eigenvalue weighted by atomic mass is 10.0. The Kier molecular flexibility index (Phi) is 10.1. The summed E-state index contributed by atoms with van der Waals surface area (Å²) in [7, 11) is 0. The van der Waals surface area contributed by atoms with E-state index in [1.165, 1.54) is 0 Å². The average molecular weight is 424 g/mol. The van der Waals surface area contributed by atoms with Crippen LogP contribution in [0.25, 0.3) is 0 Å². The first-order chi connectivity index (χ1) is 13.3. The van der Waals surface area contributed by atoms with Gasteiger partial charge in [-0.2, -0.15) is 0 Å². The minimum absolute atomic E-state index is 0. The predicted octanol–water partition coefficient (Wildman–Crippen LogP) is 2.02. The number of nitrogens with two attached hydrogens (primary N) is 1. The van der Waals surface area contributed by atoms with Crippen LogP contribution in [-0.2, 0) is 16.1 Å². The first-order valence-corrected chi connectivity index (χ1v) is 10.1. The van der Waals surface area contributed by atoms with Crippen LogP contribution in [0.15, 0.2) is 24.3 Å². The second kappa shape index (κ2) is 11.8. The molecule has 2 amide bonds. The number of nitrogen functional groups attached to an aromatic ring is 1. The average Bonchev–Trinajstić information content (AvgIpc) is 3.15. The maximum atomic E-state index is 13.0. The van der Waals surface area contributed by atoms with E-state index in [-0.39, 0.29) is 36.1 Å². The number of likely N-dealkylation sites (tertiary alicyclic amines) is 1. The van der Waals surface area contributed by atoms with Gasteiger partial charge in [-0.05, 0) is 37.3 Å². The Labute approximate surface area is 179 Å². The van der Waals surface area contributed by atoms with Gasteiger partial charge in [-0.15, -0.1) is 12.4 Å². The molecule has 0 spiro atoms. The highest BCUT2D eigenvalue weighted by atomic mass is 35.5. The van der Waals surface area contributed by atoms with Gasteiger partial charge in [-0.25, -0.2) is 0 Å². The van der Waals surface area contributed by atoms with Gasteiger partial charge in [0.15, 0.2) is 0 Å². The molecule has 0 saturated carbocycles. The van der Waals surface area contributed by atoms with Gasteiger partial charge in [0.1, 0.15) is 11.9 Å². The standard InChI is InChI=1S/C21H33N5O2.ClH/c1-4-24-17(12-14(2)3)21(28)26-11-5-6-18(26)20(27)25-13-15-7-9-16(10-8-15)19(22)23;/h7-10,14,17-18,24H,4-6,11-13H2,1-3H3,(H3,22,23)(H,25,27);1H/t17?,18-;/m0./s1. The van der Waals surface area contributed by atoms with Gasteiger partial charge in [0.05, 0.1) is 6.04 Å². The van der Waals surface area contributed by atoms with Crippen LogP contribution in [0.3, 0.4) is 0 Å². The van der Waals surface area contributed by atoms with Crippen molar-refractivity contribution in [3.63, 3.8) is 0 Å². The van der Waals surface area contributed by atoms with Gasteiger partial charge < -0.3 is 21.3 Å².